The highest BCUT2D eigenvalue weighted by Crippen LogP contribution is 2.34. The van der Waals surface area contributed by atoms with Crippen molar-refractivity contribution in [3.05, 3.63) is 71.2 Å². The summed E-state index contributed by atoms with van der Waals surface area (Å²) in [5.74, 6) is -1.12. The van der Waals surface area contributed by atoms with E-state index >= 15 is 0 Å². The fraction of sp³-hybridized carbons (Fsp3) is 0.280. The summed E-state index contributed by atoms with van der Waals surface area (Å²) in [6, 6.07) is 13.2. The zero-order chi connectivity index (χ0) is 24.4. The van der Waals surface area contributed by atoms with Crippen LogP contribution in [0.15, 0.2) is 60.0 Å². The lowest BCUT2D eigenvalue weighted by Crippen LogP contribution is -2.34. The van der Waals surface area contributed by atoms with Crippen LogP contribution < -0.4 is 10.6 Å². The van der Waals surface area contributed by atoms with Gasteiger partial charge in [0.05, 0.1) is 13.2 Å². The van der Waals surface area contributed by atoms with Gasteiger partial charge in [-0.05, 0) is 47.5 Å². The first-order valence-corrected chi connectivity index (χ1v) is 10.6. The van der Waals surface area contributed by atoms with Gasteiger partial charge in [-0.3, -0.25) is 9.59 Å². The molecular weight excluding hydrogens is 424 g/mol. The number of carbonyl (C=O) groups excluding carboxylic acids is 2. The van der Waals surface area contributed by atoms with E-state index in [4.69, 9.17) is 0 Å². The van der Waals surface area contributed by atoms with Crippen molar-refractivity contribution < 1.29 is 30.0 Å². The van der Waals surface area contributed by atoms with E-state index < -0.39 is 30.1 Å². The Hall–Kier alpha value is -3.62. The predicted molar refractivity (Wildman–Crippen MR) is 129 cm³/mol. The second-order valence-electron chi connectivity index (χ2n) is 7.50. The highest BCUT2D eigenvalue weighted by atomic mass is 16.3. The van der Waals surface area contributed by atoms with Gasteiger partial charge >= 0.3 is 0 Å². The van der Waals surface area contributed by atoms with E-state index in [0.717, 1.165) is 0 Å². The molecule has 0 atom stereocenters. The van der Waals surface area contributed by atoms with Crippen LogP contribution in [-0.2, 0) is 9.59 Å². The maximum atomic E-state index is 11.5. The smallest absolute Gasteiger partial charge is 0.224 e. The third kappa shape index (κ3) is 6.68. The monoisotopic (exact) mass is 454 g/mol. The van der Waals surface area contributed by atoms with Gasteiger partial charge in [-0.1, -0.05) is 38.1 Å². The van der Waals surface area contributed by atoms with E-state index in [-0.39, 0.29) is 11.8 Å². The summed E-state index contributed by atoms with van der Waals surface area (Å²) in [6.45, 7) is 1.99. The number of carbonyl (C=O) groups is 2. The van der Waals surface area contributed by atoms with Crippen molar-refractivity contribution in [2.24, 2.45) is 5.41 Å². The van der Waals surface area contributed by atoms with Crippen LogP contribution in [-0.4, -0.2) is 45.5 Å². The highest BCUT2D eigenvalue weighted by Gasteiger charge is 2.38. The third-order valence-corrected chi connectivity index (χ3v) is 5.16. The molecule has 2 aromatic rings. The molecule has 0 saturated heterocycles. The zero-order valence-electron chi connectivity index (χ0n) is 18.7. The minimum atomic E-state index is -1.82. The molecule has 33 heavy (non-hydrogen) atoms. The van der Waals surface area contributed by atoms with E-state index in [1.807, 2.05) is 0 Å². The molecule has 176 valence electrons. The minimum absolute atomic E-state index is 0.128. The van der Waals surface area contributed by atoms with Crippen LogP contribution in [0.3, 0.4) is 0 Å². The summed E-state index contributed by atoms with van der Waals surface area (Å²) in [7, 11) is 0. The molecule has 0 spiro atoms. The molecule has 0 bridgehead atoms. The molecule has 0 unspecified atom stereocenters. The summed E-state index contributed by atoms with van der Waals surface area (Å²) < 4.78 is 0. The van der Waals surface area contributed by atoms with Crippen molar-refractivity contribution in [3.8, 4) is 0 Å². The molecule has 2 rings (SSSR count). The lowest BCUT2D eigenvalue weighted by Gasteiger charge is -2.28. The summed E-state index contributed by atoms with van der Waals surface area (Å²) in [5.41, 5.74) is 0.449. The van der Waals surface area contributed by atoms with Gasteiger partial charge in [0.2, 0.25) is 11.8 Å². The lowest BCUT2D eigenvalue weighted by atomic mass is 9.83. The molecule has 2 amide bonds. The standard InChI is InChI=1S/C25H30N2O6/c1-3-23(32)26-19-9-5-17(6-10-19)13-21(30)25(15-28,16-29)22(31)14-18-7-11-20(12-8-18)27-24(33)4-2/h5-14,28-31H,3-4,15-16H2,1-2H3,(H,26,32)(H,27,33). The number of aliphatic hydroxyl groups is 4. The Morgan fingerprint density at radius 3 is 1.33 bits per heavy atom. The van der Waals surface area contributed by atoms with E-state index in [9.17, 15) is 30.0 Å². The van der Waals surface area contributed by atoms with E-state index in [2.05, 4.69) is 10.6 Å². The molecule has 6 N–H and O–H groups in total. The van der Waals surface area contributed by atoms with Crippen molar-refractivity contribution in [3.63, 3.8) is 0 Å². The fourth-order valence-corrected chi connectivity index (χ4v) is 2.92. The number of hydrogen-bond acceptors (Lipinski definition) is 6. The SMILES string of the molecule is CCC(=O)Nc1ccc(C=C(O)C(CO)(CO)C(O)=Cc2ccc(NC(=O)CC)cc2)cc1. The van der Waals surface area contributed by atoms with Gasteiger partial charge in [-0.25, -0.2) is 0 Å². The van der Waals surface area contributed by atoms with Crippen LogP contribution in [0.1, 0.15) is 37.8 Å². The average molecular weight is 455 g/mol. The predicted octanol–water partition coefficient (Wildman–Crippen LogP) is 3.85. The number of rotatable bonds is 10. The molecule has 0 aliphatic carbocycles. The number of nitrogens with one attached hydrogen (secondary N) is 2. The molecule has 0 heterocycles. The third-order valence-electron chi connectivity index (χ3n) is 5.16. The van der Waals surface area contributed by atoms with Crippen LogP contribution in [0, 0.1) is 5.41 Å². The highest BCUT2D eigenvalue weighted by molar-refractivity contribution is 5.91. The first-order chi connectivity index (χ1) is 15.8. The van der Waals surface area contributed by atoms with Crippen molar-refractivity contribution in [1.82, 2.24) is 0 Å². The minimum Gasteiger partial charge on any atom is -0.511 e. The Kier molecular flexibility index (Phi) is 9.20. The molecule has 8 nitrogen and oxygen atoms in total. The van der Waals surface area contributed by atoms with Crippen LogP contribution in [0.4, 0.5) is 11.4 Å². The maximum Gasteiger partial charge on any atom is 0.224 e. The van der Waals surface area contributed by atoms with Gasteiger partial charge in [0.15, 0.2) is 0 Å². The molecule has 0 aromatic heterocycles. The Balaban J connectivity index is 2.28. The van der Waals surface area contributed by atoms with Gasteiger partial charge in [0.1, 0.15) is 16.9 Å². The van der Waals surface area contributed by atoms with Crippen molar-refractivity contribution in [1.29, 1.82) is 0 Å². The number of anilines is 2. The van der Waals surface area contributed by atoms with Gasteiger partial charge in [0, 0.05) is 24.2 Å². The summed E-state index contributed by atoms with van der Waals surface area (Å²) in [6.07, 6.45) is 3.34. The molecule has 0 radical (unpaired) electrons. The molecule has 0 saturated carbocycles. The topological polar surface area (TPSA) is 139 Å². The maximum absolute atomic E-state index is 11.5. The summed E-state index contributed by atoms with van der Waals surface area (Å²) in [4.78, 5) is 23.0. The van der Waals surface area contributed by atoms with Crippen LogP contribution in [0.2, 0.25) is 0 Å². The van der Waals surface area contributed by atoms with Gasteiger partial charge in [-0.15, -0.1) is 0 Å². The normalized spacial score (nSPS) is 12.4. The second kappa shape index (κ2) is 11.8. The van der Waals surface area contributed by atoms with Crippen molar-refractivity contribution in [2.45, 2.75) is 26.7 Å². The largest absolute Gasteiger partial charge is 0.511 e. The lowest BCUT2D eigenvalue weighted by molar-refractivity contribution is -0.116. The Morgan fingerprint density at radius 1 is 0.727 bits per heavy atom. The molecular formula is C25H30N2O6. The fourth-order valence-electron chi connectivity index (χ4n) is 2.92. The number of hydrogen-bond donors (Lipinski definition) is 6. The van der Waals surface area contributed by atoms with E-state index in [0.29, 0.717) is 35.3 Å². The summed E-state index contributed by atoms with van der Waals surface area (Å²) in [5, 5.41) is 46.8. The molecule has 2 aromatic carbocycles. The Bertz CT molecular complexity index is 927. The first kappa shape index (κ1) is 25.6. The quantitative estimate of drug-likeness (QED) is 0.302. The van der Waals surface area contributed by atoms with Crippen LogP contribution in [0.5, 0.6) is 0 Å². The Morgan fingerprint density at radius 2 is 1.06 bits per heavy atom. The summed E-state index contributed by atoms with van der Waals surface area (Å²) >= 11 is 0. The van der Waals surface area contributed by atoms with E-state index in [1.54, 1.807) is 62.4 Å². The van der Waals surface area contributed by atoms with E-state index in [1.165, 1.54) is 12.2 Å². The Labute approximate surface area is 192 Å². The average Bonchev–Trinajstić information content (AvgIpc) is 2.82. The molecule has 0 fully saturated rings. The first-order valence-electron chi connectivity index (χ1n) is 10.6. The zero-order valence-corrected chi connectivity index (χ0v) is 18.7. The van der Waals surface area contributed by atoms with Crippen molar-refractivity contribution in [2.75, 3.05) is 23.8 Å². The molecule has 0 aliphatic rings. The van der Waals surface area contributed by atoms with Gasteiger partial charge in [0.25, 0.3) is 0 Å². The molecule has 8 heteroatoms. The van der Waals surface area contributed by atoms with Crippen molar-refractivity contribution >= 4 is 35.3 Å². The van der Waals surface area contributed by atoms with Gasteiger partial charge in [-0.2, -0.15) is 0 Å². The second-order valence-corrected chi connectivity index (χ2v) is 7.50. The number of amides is 2. The van der Waals surface area contributed by atoms with Crippen LogP contribution >= 0.6 is 0 Å². The van der Waals surface area contributed by atoms with Crippen LogP contribution in [0.25, 0.3) is 12.2 Å². The number of aliphatic hydroxyl groups excluding tert-OH is 4. The number of benzene rings is 2. The van der Waals surface area contributed by atoms with Gasteiger partial charge < -0.3 is 31.1 Å². The molecule has 0 aliphatic heterocycles.